The normalized spacial score (nSPS) is 10.9. The Kier molecular flexibility index (Phi) is 3.19. The van der Waals surface area contributed by atoms with Gasteiger partial charge in [-0.25, -0.2) is 0 Å². The van der Waals surface area contributed by atoms with Gasteiger partial charge < -0.3 is 5.11 Å². The summed E-state index contributed by atoms with van der Waals surface area (Å²) in [6, 6.07) is 9.37. The molecule has 0 bridgehead atoms. The molecular weight excluding hydrogens is 228 g/mol. The zero-order chi connectivity index (χ0) is 13.3. The summed E-state index contributed by atoms with van der Waals surface area (Å²) in [5.74, 6) is -0.224. The number of rotatable bonds is 3. The van der Waals surface area contributed by atoms with Crippen LogP contribution in [0, 0.1) is 0 Å². The standard InChI is InChI=1S/C14H16N2O2/c1-9(2)16-13(10(3)17)14(18)12(15-16)11-7-5-4-6-8-11/h4-9,18H,1-3H3. The maximum atomic E-state index is 11.6. The van der Waals surface area contributed by atoms with E-state index in [-0.39, 0.29) is 23.3 Å². The van der Waals surface area contributed by atoms with Gasteiger partial charge in [-0.05, 0) is 13.8 Å². The van der Waals surface area contributed by atoms with Crippen molar-refractivity contribution in [3.05, 3.63) is 36.0 Å². The topological polar surface area (TPSA) is 55.1 Å². The molecule has 0 aliphatic carbocycles. The molecule has 0 saturated carbocycles. The number of hydrogen-bond donors (Lipinski definition) is 1. The minimum absolute atomic E-state index is 0.0206. The van der Waals surface area contributed by atoms with Crippen LogP contribution in [0.25, 0.3) is 11.3 Å². The van der Waals surface area contributed by atoms with Crippen LogP contribution in [-0.4, -0.2) is 20.7 Å². The van der Waals surface area contributed by atoms with E-state index < -0.39 is 0 Å². The first-order valence-electron chi connectivity index (χ1n) is 5.90. The van der Waals surface area contributed by atoms with Crippen LogP contribution in [0.3, 0.4) is 0 Å². The number of aromatic hydroxyl groups is 1. The number of carbonyl (C=O) groups excluding carboxylic acids is 1. The van der Waals surface area contributed by atoms with Crippen molar-refractivity contribution >= 4 is 5.78 Å². The number of Topliss-reactive ketones (excluding diaryl/α,β-unsaturated/α-hetero) is 1. The Labute approximate surface area is 106 Å². The van der Waals surface area contributed by atoms with E-state index in [2.05, 4.69) is 5.10 Å². The van der Waals surface area contributed by atoms with Crippen molar-refractivity contribution in [1.82, 2.24) is 9.78 Å². The van der Waals surface area contributed by atoms with Crippen LogP contribution in [0.15, 0.2) is 30.3 Å². The fraction of sp³-hybridized carbons (Fsp3) is 0.286. The lowest BCUT2D eigenvalue weighted by Crippen LogP contribution is -2.10. The summed E-state index contributed by atoms with van der Waals surface area (Å²) in [4.78, 5) is 11.6. The molecule has 0 unspecified atom stereocenters. The molecule has 0 aliphatic heterocycles. The molecule has 1 aromatic heterocycles. The average Bonchev–Trinajstić information content (AvgIpc) is 2.68. The molecule has 0 fully saturated rings. The highest BCUT2D eigenvalue weighted by Gasteiger charge is 2.22. The molecule has 1 N–H and O–H groups in total. The van der Waals surface area contributed by atoms with E-state index in [1.165, 1.54) is 6.92 Å². The Hall–Kier alpha value is -2.10. The second-order valence-electron chi connectivity index (χ2n) is 4.51. The smallest absolute Gasteiger partial charge is 0.181 e. The van der Waals surface area contributed by atoms with E-state index in [0.29, 0.717) is 5.69 Å². The maximum absolute atomic E-state index is 11.6. The molecule has 0 spiro atoms. The van der Waals surface area contributed by atoms with Crippen molar-refractivity contribution < 1.29 is 9.90 Å². The Balaban J connectivity index is 2.64. The van der Waals surface area contributed by atoms with E-state index in [4.69, 9.17) is 0 Å². The van der Waals surface area contributed by atoms with Gasteiger partial charge in [0.2, 0.25) is 0 Å². The summed E-state index contributed by atoms with van der Waals surface area (Å²) in [6.45, 7) is 5.28. The molecule has 0 amide bonds. The third kappa shape index (κ3) is 2.01. The molecule has 0 radical (unpaired) electrons. The molecule has 1 aromatic carbocycles. The molecule has 4 heteroatoms. The first kappa shape index (κ1) is 12.4. The SMILES string of the molecule is CC(=O)c1c(O)c(-c2ccccc2)nn1C(C)C. The van der Waals surface area contributed by atoms with Gasteiger partial charge in [0.1, 0.15) is 11.4 Å². The van der Waals surface area contributed by atoms with Crippen LogP contribution in [-0.2, 0) is 0 Å². The molecule has 0 aliphatic rings. The monoisotopic (exact) mass is 244 g/mol. The largest absolute Gasteiger partial charge is 0.504 e. The van der Waals surface area contributed by atoms with Gasteiger partial charge in [-0.2, -0.15) is 5.10 Å². The minimum Gasteiger partial charge on any atom is -0.504 e. The van der Waals surface area contributed by atoms with Crippen molar-refractivity contribution in [3.63, 3.8) is 0 Å². The molecule has 2 rings (SSSR count). The van der Waals surface area contributed by atoms with E-state index in [0.717, 1.165) is 5.56 Å². The van der Waals surface area contributed by atoms with Gasteiger partial charge >= 0.3 is 0 Å². The molecule has 2 aromatic rings. The highest BCUT2D eigenvalue weighted by atomic mass is 16.3. The lowest BCUT2D eigenvalue weighted by atomic mass is 10.1. The van der Waals surface area contributed by atoms with Crippen LogP contribution < -0.4 is 0 Å². The molecule has 4 nitrogen and oxygen atoms in total. The Morgan fingerprint density at radius 1 is 1.28 bits per heavy atom. The summed E-state index contributed by atoms with van der Waals surface area (Å²) in [5, 5.41) is 14.5. The Morgan fingerprint density at radius 3 is 2.33 bits per heavy atom. The van der Waals surface area contributed by atoms with Crippen LogP contribution in [0.1, 0.15) is 37.3 Å². The van der Waals surface area contributed by atoms with Gasteiger partial charge in [0, 0.05) is 18.5 Å². The van der Waals surface area contributed by atoms with Crippen LogP contribution in [0.2, 0.25) is 0 Å². The molecule has 0 atom stereocenters. The molecule has 94 valence electrons. The lowest BCUT2D eigenvalue weighted by Gasteiger charge is -2.07. The summed E-state index contributed by atoms with van der Waals surface area (Å²) < 4.78 is 1.57. The number of carbonyl (C=O) groups is 1. The Morgan fingerprint density at radius 2 is 1.89 bits per heavy atom. The molecule has 18 heavy (non-hydrogen) atoms. The van der Waals surface area contributed by atoms with Crippen molar-refractivity contribution in [1.29, 1.82) is 0 Å². The minimum atomic E-state index is -0.184. The second kappa shape index (κ2) is 4.64. The second-order valence-corrected chi connectivity index (χ2v) is 4.51. The third-order valence-corrected chi connectivity index (χ3v) is 2.76. The van der Waals surface area contributed by atoms with Gasteiger partial charge in [-0.1, -0.05) is 30.3 Å². The first-order chi connectivity index (χ1) is 8.52. The highest BCUT2D eigenvalue weighted by Crippen LogP contribution is 2.33. The van der Waals surface area contributed by atoms with E-state index in [9.17, 15) is 9.90 Å². The van der Waals surface area contributed by atoms with Gasteiger partial charge in [-0.15, -0.1) is 0 Å². The average molecular weight is 244 g/mol. The van der Waals surface area contributed by atoms with Gasteiger partial charge in [0.05, 0.1) is 0 Å². The fourth-order valence-corrected chi connectivity index (χ4v) is 1.92. The van der Waals surface area contributed by atoms with Gasteiger partial charge in [0.15, 0.2) is 11.5 Å². The quantitative estimate of drug-likeness (QED) is 0.844. The van der Waals surface area contributed by atoms with Crippen LogP contribution >= 0.6 is 0 Å². The molecule has 0 saturated heterocycles. The van der Waals surface area contributed by atoms with Crippen molar-refractivity contribution in [2.45, 2.75) is 26.8 Å². The number of ketones is 1. The third-order valence-electron chi connectivity index (χ3n) is 2.76. The highest BCUT2D eigenvalue weighted by molar-refractivity contribution is 5.97. The van der Waals surface area contributed by atoms with Crippen molar-refractivity contribution in [2.75, 3.05) is 0 Å². The number of hydrogen-bond acceptors (Lipinski definition) is 3. The van der Waals surface area contributed by atoms with Crippen molar-refractivity contribution in [2.24, 2.45) is 0 Å². The number of aromatic nitrogens is 2. The van der Waals surface area contributed by atoms with Gasteiger partial charge in [0.25, 0.3) is 0 Å². The van der Waals surface area contributed by atoms with E-state index in [1.807, 2.05) is 44.2 Å². The van der Waals surface area contributed by atoms with Crippen LogP contribution in [0.4, 0.5) is 0 Å². The number of nitrogens with zero attached hydrogens (tertiary/aromatic N) is 2. The predicted octanol–water partition coefficient (Wildman–Crippen LogP) is 3.04. The maximum Gasteiger partial charge on any atom is 0.181 e. The summed E-state index contributed by atoms with van der Waals surface area (Å²) in [5.41, 5.74) is 1.52. The lowest BCUT2D eigenvalue weighted by molar-refractivity contribution is 0.0998. The van der Waals surface area contributed by atoms with Gasteiger partial charge in [-0.3, -0.25) is 9.48 Å². The van der Waals surface area contributed by atoms with E-state index in [1.54, 1.807) is 4.68 Å². The zero-order valence-electron chi connectivity index (χ0n) is 10.7. The molecular formula is C14H16N2O2. The summed E-state index contributed by atoms with van der Waals surface area (Å²) in [6.07, 6.45) is 0. The Bertz CT molecular complexity index is 571. The summed E-state index contributed by atoms with van der Waals surface area (Å²) >= 11 is 0. The van der Waals surface area contributed by atoms with Crippen LogP contribution in [0.5, 0.6) is 5.75 Å². The number of benzene rings is 1. The van der Waals surface area contributed by atoms with Crippen molar-refractivity contribution in [3.8, 4) is 17.0 Å². The van der Waals surface area contributed by atoms with E-state index >= 15 is 0 Å². The fourth-order valence-electron chi connectivity index (χ4n) is 1.92. The first-order valence-corrected chi connectivity index (χ1v) is 5.90. The summed E-state index contributed by atoms with van der Waals surface area (Å²) in [7, 11) is 0. The predicted molar refractivity (Wildman–Crippen MR) is 69.7 cm³/mol. The zero-order valence-corrected chi connectivity index (χ0v) is 10.7. The molecule has 1 heterocycles.